The third kappa shape index (κ3) is 4.56. The van der Waals surface area contributed by atoms with Gasteiger partial charge >= 0.3 is 5.97 Å². The van der Waals surface area contributed by atoms with Crippen LogP contribution >= 0.6 is 0 Å². The number of aliphatic carboxylic acids is 1. The maximum atomic E-state index is 10.3. The second kappa shape index (κ2) is 4.91. The third-order valence-corrected chi connectivity index (χ3v) is 1.50. The first-order chi connectivity index (χ1) is 5.07. The van der Waals surface area contributed by atoms with Gasteiger partial charge in [0.05, 0.1) is 6.10 Å². The minimum atomic E-state index is -0.923. The zero-order valence-electron chi connectivity index (χ0n) is 6.87. The van der Waals surface area contributed by atoms with Crippen LogP contribution in [0.2, 0.25) is 0 Å². The van der Waals surface area contributed by atoms with Gasteiger partial charge < -0.3 is 10.2 Å². The first-order valence-corrected chi connectivity index (χ1v) is 3.66. The maximum Gasteiger partial charge on any atom is 0.330 e. The molecule has 0 aliphatic heterocycles. The fourth-order valence-electron chi connectivity index (χ4n) is 0.567. The van der Waals surface area contributed by atoms with Gasteiger partial charge in [-0.2, -0.15) is 0 Å². The molecule has 0 aromatic heterocycles. The molecule has 0 aliphatic carbocycles. The Hall–Kier alpha value is -0.830. The van der Waals surface area contributed by atoms with Crippen molar-refractivity contribution in [3.05, 3.63) is 11.6 Å². The van der Waals surface area contributed by atoms with Crippen LogP contribution in [0.25, 0.3) is 0 Å². The molecule has 0 aliphatic rings. The summed E-state index contributed by atoms with van der Waals surface area (Å²) in [7, 11) is 0. The number of carboxylic acid groups (broad SMARTS) is 1. The number of hydrogen-bond acceptors (Lipinski definition) is 2. The van der Waals surface area contributed by atoms with Crippen molar-refractivity contribution < 1.29 is 15.0 Å². The number of carbonyl (C=O) groups is 1. The Balaban J connectivity index is 3.82. The zero-order chi connectivity index (χ0) is 8.85. The van der Waals surface area contributed by atoms with Gasteiger partial charge in [0.1, 0.15) is 0 Å². The molecule has 0 heterocycles. The van der Waals surface area contributed by atoms with E-state index in [9.17, 15) is 4.79 Å². The summed E-state index contributed by atoms with van der Waals surface area (Å²) in [5.41, 5.74) is 0.289. The summed E-state index contributed by atoms with van der Waals surface area (Å²) in [6.45, 7) is 3.37. The summed E-state index contributed by atoms with van der Waals surface area (Å²) in [6, 6.07) is 0. The first-order valence-electron chi connectivity index (χ1n) is 3.66. The molecule has 1 atom stereocenters. The molecule has 0 aromatic rings. The highest BCUT2D eigenvalue weighted by Crippen LogP contribution is 2.01. The predicted molar refractivity (Wildman–Crippen MR) is 42.3 cm³/mol. The molecular formula is C8H14O3. The number of aliphatic hydroxyl groups is 1. The summed E-state index contributed by atoms with van der Waals surface area (Å²) in [5, 5.41) is 17.5. The quantitative estimate of drug-likeness (QED) is 0.604. The molecule has 0 saturated carbocycles. The van der Waals surface area contributed by atoms with Gasteiger partial charge in [0, 0.05) is 5.57 Å². The largest absolute Gasteiger partial charge is 0.478 e. The van der Waals surface area contributed by atoms with E-state index in [2.05, 4.69) is 0 Å². The van der Waals surface area contributed by atoms with E-state index in [1.54, 1.807) is 0 Å². The predicted octanol–water partition coefficient (Wildman–Crippen LogP) is 1.18. The standard InChI is InChI=1S/C8H14O3/c1-3-7(9)5-4-6(2)8(10)11/h4,7,9H,3,5H2,1-2H3,(H,10,11)/b6-4-. The van der Waals surface area contributed by atoms with Crippen molar-refractivity contribution in [3.8, 4) is 0 Å². The van der Waals surface area contributed by atoms with E-state index in [-0.39, 0.29) is 5.57 Å². The van der Waals surface area contributed by atoms with Crippen molar-refractivity contribution in [1.82, 2.24) is 0 Å². The van der Waals surface area contributed by atoms with Gasteiger partial charge in [-0.3, -0.25) is 0 Å². The molecule has 0 spiro atoms. The molecule has 0 radical (unpaired) electrons. The number of carboxylic acids is 1. The van der Waals surface area contributed by atoms with E-state index in [1.807, 2.05) is 6.92 Å². The molecule has 0 bridgehead atoms. The minimum Gasteiger partial charge on any atom is -0.478 e. The average Bonchev–Trinajstić information content (AvgIpc) is 1.99. The summed E-state index contributed by atoms with van der Waals surface area (Å²) < 4.78 is 0. The Kier molecular flexibility index (Phi) is 4.54. The number of hydrogen-bond donors (Lipinski definition) is 2. The highest BCUT2D eigenvalue weighted by atomic mass is 16.4. The van der Waals surface area contributed by atoms with Gasteiger partial charge in [0.2, 0.25) is 0 Å². The van der Waals surface area contributed by atoms with Gasteiger partial charge in [-0.1, -0.05) is 13.0 Å². The molecule has 0 aromatic carbocycles. The fourth-order valence-corrected chi connectivity index (χ4v) is 0.567. The van der Waals surface area contributed by atoms with Crippen LogP contribution in [-0.2, 0) is 4.79 Å². The van der Waals surface area contributed by atoms with Crippen LogP contribution in [0.5, 0.6) is 0 Å². The Morgan fingerprint density at radius 3 is 2.55 bits per heavy atom. The normalized spacial score (nSPS) is 14.6. The Labute approximate surface area is 66.4 Å². The van der Waals surface area contributed by atoms with Crippen LogP contribution in [0, 0.1) is 0 Å². The van der Waals surface area contributed by atoms with Crippen molar-refractivity contribution in [2.45, 2.75) is 32.8 Å². The van der Waals surface area contributed by atoms with Gasteiger partial charge in [0.25, 0.3) is 0 Å². The lowest BCUT2D eigenvalue weighted by atomic mass is 10.1. The van der Waals surface area contributed by atoms with Crippen molar-refractivity contribution in [2.24, 2.45) is 0 Å². The van der Waals surface area contributed by atoms with Crippen molar-refractivity contribution in [2.75, 3.05) is 0 Å². The summed E-state index contributed by atoms with van der Waals surface area (Å²) in [4.78, 5) is 10.3. The van der Waals surface area contributed by atoms with E-state index < -0.39 is 12.1 Å². The van der Waals surface area contributed by atoms with E-state index in [0.717, 1.165) is 0 Å². The van der Waals surface area contributed by atoms with Crippen LogP contribution in [0.15, 0.2) is 11.6 Å². The Morgan fingerprint density at radius 2 is 2.18 bits per heavy atom. The first kappa shape index (κ1) is 10.2. The molecule has 0 saturated heterocycles. The molecule has 0 fully saturated rings. The van der Waals surface area contributed by atoms with Gasteiger partial charge in [-0.05, 0) is 19.8 Å². The van der Waals surface area contributed by atoms with Crippen molar-refractivity contribution >= 4 is 5.97 Å². The van der Waals surface area contributed by atoms with Crippen LogP contribution in [-0.4, -0.2) is 22.3 Å². The topological polar surface area (TPSA) is 57.5 Å². The minimum absolute atomic E-state index is 0.289. The zero-order valence-corrected chi connectivity index (χ0v) is 6.87. The lowest BCUT2D eigenvalue weighted by Crippen LogP contribution is -2.04. The highest BCUT2D eigenvalue weighted by Gasteiger charge is 2.01. The second-order valence-corrected chi connectivity index (χ2v) is 2.49. The summed E-state index contributed by atoms with van der Waals surface area (Å²) in [6.07, 6.45) is 2.21. The SMILES string of the molecule is CCC(O)C/C=C(/C)C(=O)O. The third-order valence-electron chi connectivity index (χ3n) is 1.50. The Morgan fingerprint density at radius 1 is 1.64 bits per heavy atom. The van der Waals surface area contributed by atoms with Gasteiger partial charge in [-0.25, -0.2) is 4.79 Å². The molecule has 1 unspecified atom stereocenters. The smallest absolute Gasteiger partial charge is 0.330 e. The fraction of sp³-hybridized carbons (Fsp3) is 0.625. The Bertz CT molecular complexity index is 161. The van der Waals surface area contributed by atoms with Crippen molar-refractivity contribution in [3.63, 3.8) is 0 Å². The number of rotatable bonds is 4. The van der Waals surface area contributed by atoms with Crippen molar-refractivity contribution in [1.29, 1.82) is 0 Å². The average molecular weight is 158 g/mol. The second-order valence-electron chi connectivity index (χ2n) is 2.49. The van der Waals surface area contributed by atoms with Crippen LogP contribution in [0.3, 0.4) is 0 Å². The van der Waals surface area contributed by atoms with Crippen LogP contribution < -0.4 is 0 Å². The lowest BCUT2D eigenvalue weighted by Gasteiger charge is -2.02. The molecule has 0 rings (SSSR count). The molecule has 3 heteroatoms. The monoisotopic (exact) mass is 158 g/mol. The van der Waals surface area contributed by atoms with E-state index in [0.29, 0.717) is 12.8 Å². The lowest BCUT2D eigenvalue weighted by molar-refractivity contribution is -0.132. The molecule has 3 nitrogen and oxygen atoms in total. The molecule has 64 valence electrons. The molecule has 2 N–H and O–H groups in total. The highest BCUT2D eigenvalue weighted by molar-refractivity contribution is 5.85. The molecule has 0 amide bonds. The number of aliphatic hydroxyl groups excluding tert-OH is 1. The van der Waals surface area contributed by atoms with E-state index in [1.165, 1.54) is 13.0 Å². The van der Waals surface area contributed by atoms with Gasteiger partial charge in [-0.15, -0.1) is 0 Å². The molecular weight excluding hydrogens is 144 g/mol. The summed E-state index contributed by atoms with van der Waals surface area (Å²) >= 11 is 0. The van der Waals surface area contributed by atoms with Gasteiger partial charge in [0.15, 0.2) is 0 Å². The van der Waals surface area contributed by atoms with E-state index in [4.69, 9.17) is 10.2 Å². The maximum absolute atomic E-state index is 10.3. The van der Waals surface area contributed by atoms with Crippen LogP contribution in [0.1, 0.15) is 26.7 Å². The molecule has 11 heavy (non-hydrogen) atoms. The van der Waals surface area contributed by atoms with E-state index >= 15 is 0 Å². The summed E-state index contributed by atoms with van der Waals surface area (Å²) in [5.74, 6) is -0.923. The van der Waals surface area contributed by atoms with Crippen LogP contribution in [0.4, 0.5) is 0 Å².